The van der Waals surface area contributed by atoms with E-state index < -0.39 is 12.0 Å². The standard InChI is InChI=1S/C13H19N3O3S/c1-16(4-2-3-5-16)6-8-7-20-12-9(14)11(17)15(12)10(8)13(18)19/h9,12H,2-7,14H2,1H3. The highest BCUT2D eigenvalue weighted by Gasteiger charge is 2.50. The third-order valence-electron chi connectivity index (χ3n) is 4.50. The van der Waals surface area contributed by atoms with Crippen molar-refractivity contribution >= 4 is 23.6 Å². The molecule has 0 saturated carbocycles. The van der Waals surface area contributed by atoms with Crippen LogP contribution in [0.2, 0.25) is 0 Å². The summed E-state index contributed by atoms with van der Waals surface area (Å²) in [5, 5.41) is 11.2. The molecular formula is C13H19N3O3S. The van der Waals surface area contributed by atoms with E-state index in [1.54, 1.807) is 11.8 Å². The van der Waals surface area contributed by atoms with Crippen molar-refractivity contribution in [3.05, 3.63) is 11.3 Å². The topological polar surface area (TPSA) is 86.5 Å². The number of carbonyl (C=O) groups excluding carboxylic acids is 2. The minimum Gasteiger partial charge on any atom is -0.543 e. The molecule has 3 aliphatic rings. The van der Waals surface area contributed by atoms with Crippen molar-refractivity contribution in [3.63, 3.8) is 0 Å². The number of nitrogens with two attached hydrogens (primary N) is 1. The number of fused-ring (bicyclic) bond motifs is 1. The number of hydrogen-bond acceptors (Lipinski definition) is 5. The zero-order chi connectivity index (χ0) is 14.5. The van der Waals surface area contributed by atoms with E-state index in [1.165, 1.54) is 17.7 Å². The molecule has 3 heterocycles. The average Bonchev–Trinajstić information content (AvgIpc) is 2.83. The summed E-state index contributed by atoms with van der Waals surface area (Å²) in [4.78, 5) is 24.6. The van der Waals surface area contributed by atoms with Gasteiger partial charge in [0.2, 0.25) is 5.91 Å². The second-order valence-electron chi connectivity index (χ2n) is 6.11. The Hall–Kier alpha value is -1.05. The Morgan fingerprint density at radius 2 is 2.15 bits per heavy atom. The van der Waals surface area contributed by atoms with Crippen LogP contribution < -0.4 is 10.8 Å². The quantitative estimate of drug-likeness (QED) is 0.505. The van der Waals surface area contributed by atoms with Crippen LogP contribution in [0.3, 0.4) is 0 Å². The molecule has 0 bridgehead atoms. The van der Waals surface area contributed by atoms with Crippen molar-refractivity contribution in [2.75, 3.05) is 32.4 Å². The Bertz CT molecular complexity index is 499. The molecule has 0 aromatic rings. The van der Waals surface area contributed by atoms with Crippen molar-refractivity contribution in [1.82, 2.24) is 4.90 Å². The van der Waals surface area contributed by atoms with Gasteiger partial charge in [-0.3, -0.25) is 9.69 Å². The molecule has 7 heteroatoms. The van der Waals surface area contributed by atoms with Crippen molar-refractivity contribution in [2.45, 2.75) is 24.3 Å². The zero-order valence-corrected chi connectivity index (χ0v) is 12.3. The van der Waals surface area contributed by atoms with Crippen LogP contribution in [0.15, 0.2) is 11.3 Å². The number of carboxylic acid groups (broad SMARTS) is 1. The summed E-state index contributed by atoms with van der Waals surface area (Å²) in [7, 11) is 2.15. The number of likely N-dealkylation sites (N-methyl/N-ethyl adjacent to an activating group) is 1. The Morgan fingerprint density at radius 1 is 1.50 bits per heavy atom. The van der Waals surface area contributed by atoms with Crippen LogP contribution in [0.4, 0.5) is 0 Å². The van der Waals surface area contributed by atoms with Crippen molar-refractivity contribution in [3.8, 4) is 0 Å². The van der Waals surface area contributed by atoms with Crippen LogP contribution >= 0.6 is 11.8 Å². The van der Waals surface area contributed by atoms with Crippen LogP contribution in [0.25, 0.3) is 0 Å². The summed E-state index contributed by atoms with van der Waals surface area (Å²) in [6.45, 7) is 2.80. The maximum Gasteiger partial charge on any atom is 0.248 e. The zero-order valence-electron chi connectivity index (χ0n) is 11.5. The third kappa shape index (κ3) is 2.04. The number of carbonyl (C=O) groups is 2. The van der Waals surface area contributed by atoms with Crippen LogP contribution in [-0.2, 0) is 9.59 Å². The van der Waals surface area contributed by atoms with E-state index in [9.17, 15) is 14.7 Å². The third-order valence-corrected chi connectivity index (χ3v) is 5.86. The fourth-order valence-electron chi connectivity index (χ4n) is 3.41. The van der Waals surface area contributed by atoms with Crippen molar-refractivity contribution in [1.29, 1.82) is 0 Å². The van der Waals surface area contributed by atoms with Gasteiger partial charge < -0.3 is 20.1 Å². The van der Waals surface area contributed by atoms with Gasteiger partial charge in [0.1, 0.15) is 18.0 Å². The van der Waals surface area contributed by atoms with E-state index in [0.29, 0.717) is 12.3 Å². The normalized spacial score (nSPS) is 32.1. The smallest absolute Gasteiger partial charge is 0.248 e. The first-order chi connectivity index (χ1) is 9.43. The molecule has 0 aliphatic carbocycles. The van der Waals surface area contributed by atoms with Crippen LogP contribution in [0.1, 0.15) is 12.8 Å². The Kier molecular flexibility index (Phi) is 3.30. The lowest BCUT2D eigenvalue weighted by Crippen LogP contribution is -2.69. The largest absolute Gasteiger partial charge is 0.543 e. The summed E-state index contributed by atoms with van der Waals surface area (Å²) < 4.78 is 0.853. The predicted molar refractivity (Wildman–Crippen MR) is 73.1 cm³/mol. The fourth-order valence-corrected chi connectivity index (χ4v) is 4.69. The highest BCUT2D eigenvalue weighted by molar-refractivity contribution is 8.00. The number of hydrogen-bond donors (Lipinski definition) is 1. The molecule has 6 nitrogen and oxygen atoms in total. The predicted octanol–water partition coefficient (Wildman–Crippen LogP) is -1.53. The lowest BCUT2D eigenvalue weighted by atomic mass is 10.0. The summed E-state index contributed by atoms with van der Waals surface area (Å²) in [6.07, 6.45) is 2.35. The number of carboxylic acids is 1. The van der Waals surface area contributed by atoms with E-state index >= 15 is 0 Å². The Labute approximate surface area is 122 Å². The molecule has 2 N–H and O–H groups in total. The highest BCUT2D eigenvalue weighted by Crippen LogP contribution is 2.40. The number of rotatable bonds is 3. The van der Waals surface area contributed by atoms with Gasteiger partial charge in [0.15, 0.2) is 0 Å². The molecule has 2 unspecified atom stereocenters. The minimum atomic E-state index is -1.25. The molecule has 0 aromatic carbocycles. The lowest BCUT2D eigenvalue weighted by molar-refractivity contribution is -0.893. The molecule has 20 heavy (non-hydrogen) atoms. The van der Waals surface area contributed by atoms with E-state index in [4.69, 9.17) is 5.73 Å². The molecule has 2 saturated heterocycles. The number of quaternary nitrogens is 1. The number of β-lactam (4-membered cyclic amide) rings is 1. The number of thioether (sulfide) groups is 1. The van der Waals surface area contributed by atoms with Gasteiger partial charge in [-0.25, -0.2) is 0 Å². The molecule has 2 atom stereocenters. The van der Waals surface area contributed by atoms with Gasteiger partial charge in [-0.15, -0.1) is 11.8 Å². The molecule has 3 aliphatic heterocycles. The molecule has 0 aromatic heterocycles. The minimum absolute atomic E-state index is 0.0756. The number of aliphatic carboxylic acids is 1. The van der Waals surface area contributed by atoms with Gasteiger partial charge in [0.05, 0.1) is 31.8 Å². The van der Waals surface area contributed by atoms with Gasteiger partial charge in [0, 0.05) is 24.2 Å². The molecule has 2 fully saturated rings. The highest BCUT2D eigenvalue weighted by atomic mass is 32.2. The van der Waals surface area contributed by atoms with E-state index in [1.807, 2.05) is 0 Å². The molecular weight excluding hydrogens is 278 g/mol. The molecule has 110 valence electrons. The fraction of sp³-hybridized carbons (Fsp3) is 0.692. The summed E-state index contributed by atoms with van der Waals surface area (Å²) >= 11 is 1.56. The molecule has 3 rings (SSSR count). The molecule has 1 amide bonds. The number of likely N-dealkylation sites (tertiary alicyclic amines) is 1. The van der Waals surface area contributed by atoms with Gasteiger partial charge >= 0.3 is 0 Å². The van der Waals surface area contributed by atoms with E-state index in [0.717, 1.165) is 23.1 Å². The van der Waals surface area contributed by atoms with Crippen LogP contribution in [0.5, 0.6) is 0 Å². The number of nitrogens with zero attached hydrogens (tertiary/aromatic N) is 2. The summed E-state index contributed by atoms with van der Waals surface area (Å²) in [5.74, 6) is -0.932. The maximum atomic E-state index is 11.8. The van der Waals surface area contributed by atoms with Crippen LogP contribution in [-0.4, -0.2) is 65.1 Å². The van der Waals surface area contributed by atoms with Gasteiger partial charge in [0.25, 0.3) is 0 Å². The van der Waals surface area contributed by atoms with E-state index in [-0.39, 0.29) is 17.0 Å². The van der Waals surface area contributed by atoms with Crippen LogP contribution in [0, 0.1) is 0 Å². The second kappa shape index (κ2) is 4.75. The van der Waals surface area contributed by atoms with Crippen molar-refractivity contribution in [2.24, 2.45) is 5.73 Å². The second-order valence-corrected chi connectivity index (χ2v) is 7.21. The van der Waals surface area contributed by atoms with E-state index in [2.05, 4.69) is 7.05 Å². The Balaban J connectivity index is 1.90. The SMILES string of the molecule is C[N+]1(CC2=C(C(=O)[O-])N3C(=O)C(N)C3SC2)CCCC1. The van der Waals surface area contributed by atoms with Gasteiger partial charge in [-0.05, 0) is 0 Å². The van der Waals surface area contributed by atoms with Crippen molar-refractivity contribution < 1.29 is 19.2 Å². The molecule has 0 radical (unpaired) electrons. The first-order valence-corrected chi connectivity index (χ1v) is 7.95. The average molecular weight is 297 g/mol. The lowest BCUT2D eigenvalue weighted by Gasteiger charge is -2.50. The van der Waals surface area contributed by atoms with Gasteiger partial charge in [-0.2, -0.15) is 0 Å². The maximum absolute atomic E-state index is 11.8. The first kappa shape index (κ1) is 13.9. The first-order valence-electron chi connectivity index (χ1n) is 6.90. The Morgan fingerprint density at radius 3 is 2.75 bits per heavy atom. The van der Waals surface area contributed by atoms with Gasteiger partial charge in [-0.1, -0.05) is 0 Å². The monoisotopic (exact) mass is 297 g/mol. The summed E-state index contributed by atoms with van der Waals surface area (Å²) in [5.41, 5.74) is 6.61. The number of amides is 1. The molecule has 0 spiro atoms. The summed E-state index contributed by atoms with van der Waals surface area (Å²) in [6, 6.07) is -0.576.